The maximum absolute atomic E-state index is 6.29. The molecule has 5 rings (SSSR count). The summed E-state index contributed by atoms with van der Waals surface area (Å²) in [6, 6.07) is 9.98. The Morgan fingerprint density at radius 2 is 1.77 bits per heavy atom. The van der Waals surface area contributed by atoms with Gasteiger partial charge in [0.25, 0.3) is 0 Å². The molecule has 1 aliphatic heterocycles. The van der Waals surface area contributed by atoms with Gasteiger partial charge in [0.1, 0.15) is 17.7 Å². The van der Waals surface area contributed by atoms with Crippen LogP contribution in [0.2, 0.25) is 10.0 Å². The SMILES string of the molecule is CC(Oc1ccc2[nH]nc(/C=C/c3ccc(N4CCN(C)CC4)nc3)c2c1)c1c(Cl)cncc1Cl. The Labute approximate surface area is 214 Å². The Kier molecular flexibility index (Phi) is 6.90. The van der Waals surface area contributed by atoms with E-state index in [1.165, 1.54) is 0 Å². The number of ether oxygens (including phenoxy) is 1. The summed E-state index contributed by atoms with van der Waals surface area (Å²) < 4.78 is 6.15. The average molecular weight is 509 g/mol. The lowest BCUT2D eigenvalue weighted by Gasteiger charge is -2.33. The van der Waals surface area contributed by atoms with E-state index in [4.69, 9.17) is 27.9 Å². The van der Waals surface area contributed by atoms with E-state index in [0.29, 0.717) is 21.4 Å². The lowest BCUT2D eigenvalue weighted by Crippen LogP contribution is -2.44. The Morgan fingerprint density at radius 3 is 2.49 bits per heavy atom. The van der Waals surface area contributed by atoms with Crippen LogP contribution in [0.1, 0.15) is 29.8 Å². The normalized spacial score (nSPS) is 15.7. The van der Waals surface area contributed by atoms with Gasteiger partial charge >= 0.3 is 0 Å². The van der Waals surface area contributed by atoms with Crippen LogP contribution in [0.5, 0.6) is 5.75 Å². The molecule has 1 saturated heterocycles. The van der Waals surface area contributed by atoms with Crippen molar-refractivity contribution in [1.82, 2.24) is 25.1 Å². The molecule has 0 saturated carbocycles. The Bertz CT molecular complexity index is 1330. The zero-order valence-corrected chi connectivity index (χ0v) is 21.1. The Hall–Kier alpha value is -3.13. The molecule has 0 radical (unpaired) electrons. The summed E-state index contributed by atoms with van der Waals surface area (Å²) in [7, 11) is 2.15. The fourth-order valence-corrected chi connectivity index (χ4v) is 4.85. The molecule has 0 bridgehead atoms. The van der Waals surface area contributed by atoms with E-state index in [1.54, 1.807) is 12.4 Å². The fourth-order valence-electron chi connectivity index (χ4n) is 4.18. The van der Waals surface area contributed by atoms with Crippen LogP contribution in [0.15, 0.2) is 48.9 Å². The van der Waals surface area contributed by atoms with Crippen LogP contribution in [0, 0.1) is 0 Å². The van der Waals surface area contributed by atoms with Gasteiger partial charge in [-0.25, -0.2) is 4.98 Å². The van der Waals surface area contributed by atoms with Crippen LogP contribution < -0.4 is 9.64 Å². The zero-order chi connectivity index (χ0) is 24.4. The highest BCUT2D eigenvalue weighted by Gasteiger charge is 2.17. The minimum Gasteiger partial charge on any atom is -0.486 e. The van der Waals surface area contributed by atoms with Crippen molar-refractivity contribution >= 4 is 52.1 Å². The number of benzene rings is 1. The first kappa shape index (κ1) is 23.6. The van der Waals surface area contributed by atoms with Crippen molar-refractivity contribution in [2.75, 3.05) is 38.1 Å². The number of aromatic nitrogens is 4. The minimum absolute atomic E-state index is 0.341. The maximum Gasteiger partial charge on any atom is 0.128 e. The summed E-state index contributed by atoms with van der Waals surface area (Å²) in [5.74, 6) is 1.72. The molecule has 0 amide bonds. The van der Waals surface area contributed by atoms with Crippen molar-refractivity contribution in [3.8, 4) is 5.75 Å². The molecule has 3 aromatic heterocycles. The summed E-state index contributed by atoms with van der Waals surface area (Å²) in [6.07, 6.45) is 8.69. The molecule has 1 atom stereocenters. The van der Waals surface area contributed by atoms with Crippen LogP contribution >= 0.6 is 23.2 Å². The number of anilines is 1. The summed E-state index contributed by atoms with van der Waals surface area (Å²) in [5, 5.41) is 9.45. The summed E-state index contributed by atoms with van der Waals surface area (Å²) >= 11 is 12.6. The van der Waals surface area contributed by atoms with E-state index < -0.39 is 0 Å². The second kappa shape index (κ2) is 10.2. The molecule has 1 aliphatic rings. The number of likely N-dealkylation sites (N-methyl/N-ethyl adjacent to an activating group) is 1. The van der Waals surface area contributed by atoms with E-state index in [1.807, 2.05) is 43.5 Å². The number of H-pyrrole nitrogens is 1. The van der Waals surface area contributed by atoms with Crippen molar-refractivity contribution in [3.63, 3.8) is 0 Å². The van der Waals surface area contributed by atoms with Gasteiger partial charge in [0.2, 0.25) is 0 Å². The number of nitrogens with one attached hydrogen (secondary N) is 1. The monoisotopic (exact) mass is 508 g/mol. The zero-order valence-electron chi connectivity index (χ0n) is 19.6. The molecule has 7 nitrogen and oxygen atoms in total. The lowest BCUT2D eigenvalue weighted by atomic mass is 10.1. The number of aromatic amines is 1. The van der Waals surface area contributed by atoms with Gasteiger partial charge < -0.3 is 14.5 Å². The van der Waals surface area contributed by atoms with Crippen LogP contribution in [-0.2, 0) is 0 Å². The van der Waals surface area contributed by atoms with Gasteiger partial charge in [-0.2, -0.15) is 5.10 Å². The van der Waals surface area contributed by atoms with Gasteiger partial charge in [0.05, 0.1) is 21.3 Å². The molecular formula is C26H26Cl2N6O. The van der Waals surface area contributed by atoms with E-state index >= 15 is 0 Å². The van der Waals surface area contributed by atoms with E-state index in [9.17, 15) is 0 Å². The van der Waals surface area contributed by atoms with Crippen LogP contribution in [0.3, 0.4) is 0 Å². The van der Waals surface area contributed by atoms with Crippen LogP contribution in [0.4, 0.5) is 5.82 Å². The average Bonchev–Trinajstić information content (AvgIpc) is 3.26. The lowest BCUT2D eigenvalue weighted by molar-refractivity contribution is 0.227. The fraction of sp³-hybridized carbons (Fsp3) is 0.269. The number of rotatable bonds is 6. The third-order valence-corrected chi connectivity index (χ3v) is 6.81. The third kappa shape index (κ3) is 5.27. The quantitative estimate of drug-likeness (QED) is 0.359. The second-order valence-electron chi connectivity index (χ2n) is 8.67. The first-order valence-electron chi connectivity index (χ1n) is 11.5. The molecular weight excluding hydrogens is 483 g/mol. The van der Waals surface area contributed by atoms with E-state index in [2.05, 4.69) is 49.1 Å². The highest BCUT2D eigenvalue weighted by atomic mass is 35.5. The van der Waals surface area contributed by atoms with Crippen LogP contribution in [0.25, 0.3) is 23.1 Å². The molecule has 1 unspecified atom stereocenters. The number of piperazine rings is 1. The van der Waals surface area contributed by atoms with Gasteiger partial charge in [-0.1, -0.05) is 29.3 Å². The highest BCUT2D eigenvalue weighted by Crippen LogP contribution is 2.33. The molecule has 0 aliphatic carbocycles. The van der Waals surface area contributed by atoms with Crippen molar-refractivity contribution in [2.24, 2.45) is 0 Å². The smallest absolute Gasteiger partial charge is 0.128 e. The number of hydrogen-bond donors (Lipinski definition) is 1. The molecule has 1 N–H and O–H groups in total. The molecule has 35 heavy (non-hydrogen) atoms. The predicted octanol–water partition coefficient (Wildman–Crippen LogP) is 5.72. The Balaban J connectivity index is 1.31. The van der Waals surface area contributed by atoms with Crippen molar-refractivity contribution in [3.05, 3.63) is 75.8 Å². The van der Waals surface area contributed by atoms with E-state index in [-0.39, 0.29) is 6.10 Å². The number of pyridine rings is 2. The first-order valence-corrected chi connectivity index (χ1v) is 12.2. The van der Waals surface area contributed by atoms with Crippen molar-refractivity contribution < 1.29 is 4.74 Å². The molecule has 1 aromatic carbocycles. The summed E-state index contributed by atoms with van der Waals surface area (Å²) in [4.78, 5) is 13.3. The minimum atomic E-state index is -0.341. The number of hydrogen-bond acceptors (Lipinski definition) is 6. The molecule has 9 heteroatoms. The summed E-state index contributed by atoms with van der Waals surface area (Å²) in [5.41, 5.74) is 3.47. The van der Waals surface area contributed by atoms with E-state index in [0.717, 1.165) is 54.2 Å². The second-order valence-corrected chi connectivity index (χ2v) is 9.48. The topological polar surface area (TPSA) is 70.2 Å². The van der Waals surface area contributed by atoms with Gasteiger partial charge in [-0.15, -0.1) is 0 Å². The number of nitrogens with zero attached hydrogens (tertiary/aromatic N) is 5. The predicted molar refractivity (Wildman–Crippen MR) is 142 cm³/mol. The van der Waals surface area contributed by atoms with Crippen LogP contribution in [-0.4, -0.2) is 58.3 Å². The largest absolute Gasteiger partial charge is 0.486 e. The first-order chi connectivity index (χ1) is 17.0. The highest BCUT2D eigenvalue weighted by molar-refractivity contribution is 6.35. The van der Waals surface area contributed by atoms with Crippen molar-refractivity contribution in [1.29, 1.82) is 0 Å². The number of halogens is 2. The van der Waals surface area contributed by atoms with Gasteiger partial charge in [-0.05, 0) is 55.9 Å². The van der Waals surface area contributed by atoms with Gasteiger partial charge in [0.15, 0.2) is 0 Å². The van der Waals surface area contributed by atoms with Gasteiger partial charge in [0, 0.05) is 55.7 Å². The number of fused-ring (bicyclic) bond motifs is 1. The molecule has 0 spiro atoms. The summed E-state index contributed by atoms with van der Waals surface area (Å²) in [6.45, 7) is 6.03. The van der Waals surface area contributed by atoms with Gasteiger partial charge in [-0.3, -0.25) is 10.1 Å². The molecule has 180 valence electrons. The van der Waals surface area contributed by atoms with Crippen molar-refractivity contribution in [2.45, 2.75) is 13.0 Å². The molecule has 4 aromatic rings. The maximum atomic E-state index is 6.29. The third-order valence-electron chi connectivity index (χ3n) is 6.21. The Morgan fingerprint density at radius 1 is 1.00 bits per heavy atom. The molecule has 4 heterocycles. The molecule has 1 fully saturated rings. The standard InChI is InChI=1S/C26H26Cl2N6O/c1-17(26-21(27)15-29-16-22(26)28)35-19-5-7-24-20(13-19)23(31-32-24)6-3-18-4-8-25(30-14-18)34-11-9-33(2)10-12-34/h3-8,13-17H,9-12H2,1-2H3,(H,31,32)/b6-3+.